The van der Waals surface area contributed by atoms with Crippen LogP contribution < -0.4 is 14.4 Å². The number of aliphatic imine (C=N–C) groups is 2. The summed E-state index contributed by atoms with van der Waals surface area (Å²) < 4.78 is 11.2. The first-order valence-corrected chi connectivity index (χ1v) is 10.7. The van der Waals surface area contributed by atoms with Crippen molar-refractivity contribution >= 4 is 23.0 Å². The molecule has 158 valence electrons. The summed E-state index contributed by atoms with van der Waals surface area (Å²) in [7, 11) is 0. The summed E-state index contributed by atoms with van der Waals surface area (Å²) in [5.41, 5.74) is 4.28. The van der Waals surface area contributed by atoms with Gasteiger partial charge in [0.15, 0.2) is 11.5 Å². The Bertz CT molecular complexity index is 1240. The molecule has 0 radical (unpaired) electrons. The van der Waals surface area contributed by atoms with E-state index in [2.05, 4.69) is 0 Å². The van der Waals surface area contributed by atoms with Crippen LogP contribution >= 0.6 is 0 Å². The molecule has 1 unspecified atom stereocenters. The Balaban J connectivity index is 1.56. The number of amides is 1. The van der Waals surface area contributed by atoms with Gasteiger partial charge in [-0.2, -0.15) is 0 Å². The average Bonchev–Trinajstić information content (AvgIpc) is 3.34. The van der Waals surface area contributed by atoms with E-state index >= 15 is 0 Å². The number of fused-ring (bicyclic) bond motifs is 2. The third-order valence-electron chi connectivity index (χ3n) is 6.13. The molecule has 1 saturated heterocycles. The highest BCUT2D eigenvalue weighted by Crippen LogP contribution is 2.45. The van der Waals surface area contributed by atoms with Crippen molar-refractivity contribution in [3.63, 3.8) is 0 Å². The van der Waals surface area contributed by atoms with Crippen LogP contribution in [0.25, 0.3) is 0 Å². The second-order valence-electron chi connectivity index (χ2n) is 7.95. The molecule has 6 rings (SSSR count). The maximum absolute atomic E-state index is 13.8. The zero-order valence-electron chi connectivity index (χ0n) is 17.3. The van der Waals surface area contributed by atoms with Crippen LogP contribution in [0.2, 0.25) is 0 Å². The first kappa shape index (κ1) is 18.8. The molecule has 0 N–H and O–H groups in total. The standard InChI is InChI=1S/C26H21N3O3/c30-26-24-22(23(27-13-14-28-24)17-7-3-1-4-8-17)25(29(26)19-9-5-2-6-10-19)18-11-12-20-21(15-18)32-16-31-20/h1-12,15,22,25H,13-14,16H2/t22?,25-/m1/s1. The topological polar surface area (TPSA) is 63.5 Å². The number of ether oxygens (including phenoxy) is 2. The summed E-state index contributed by atoms with van der Waals surface area (Å²) in [6, 6.07) is 25.5. The first-order chi connectivity index (χ1) is 15.8. The Morgan fingerprint density at radius 1 is 0.781 bits per heavy atom. The summed E-state index contributed by atoms with van der Waals surface area (Å²) >= 11 is 0. The molecule has 1 amide bonds. The van der Waals surface area contributed by atoms with Crippen molar-refractivity contribution in [3.8, 4) is 11.5 Å². The van der Waals surface area contributed by atoms with E-state index in [1.807, 2.05) is 83.8 Å². The SMILES string of the molecule is O=C1C2=NCCN=C(c3ccccc3)C2[C@@H](c2ccc3c(c2)OCO3)N1c1ccccc1. The molecule has 6 nitrogen and oxygen atoms in total. The smallest absolute Gasteiger partial charge is 0.273 e. The molecule has 3 aliphatic heterocycles. The van der Waals surface area contributed by atoms with Gasteiger partial charge in [-0.15, -0.1) is 0 Å². The Morgan fingerprint density at radius 3 is 2.25 bits per heavy atom. The molecule has 3 aliphatic rings. The number of carbonyl (C=O) groups excluding carboxylic acids is 1. The number of anilines is 1. The molecule has 0 spiro atoms. The zero-order valence-corrected chi connectivity index (χ0v) is 17.3. The summed E-state index contributed by atoms with van der Waals surface area (Å²) in [6.07, 6.45) is 0. The van der Waals surface area contributed by atoms with Crippen molar-refractivity contribution in [2.45, 2.75) is 6.04 Å². The van der Waals surface area contributed by atoms with E-state index < -0.39 is 0 Å². The lowest BCUT2D eigenvalue weighted by Crippen LogP contribution is -2.31. The number of nitrogens with zero attached hydrogens (tertiary/aromatic N) is 3. The molecule has 0 aliphatic carbocycles. The van der Waals surface area contributed by atoms with Gasteiger partial charge < -0.3 is 9.47 Å². The van der Waals surface area contributed by atoms with Gasteiger partial charge in [0.1, 0.15) is 5.71 Å². The molecular weight excluding hydrogens is 402 g/mol. The largest absolute Gasteiger partial charge is 0.454 e. The van der Waals surface area contributed by atoms with Crippen LogP contribution in [0.1, 0.15) is 17.2 Å². The highest BCUT2D eigenvalue weighted by molar-refractivity contribution is 6.51. The van der Waals surface area contributed by atoms with Gasteiger partial charge in [0.25, 0.3) is 5.91 Å². The Kier molecular flexibility index (Phi) is 4.49. The molecule has 6 heteroatoms. The Labute approximate surface area is 185 Å². The highest BCUT2D eigenvalue weighted by atomic mass is 16.7. The minimum atomic E-state index is -0.296. The van der Waals surface area contributed by atoms with Gasteiger partial charge in [0, 0.05) is 5.69 Å². The summed E-state index contributed by atoms with van der Waals surface area (Å²) in [4.78, 5) is 25.3. The van der Waals surface area contributed by atoms with Crippen LogP contribution in [0.4, 0.5) is 5.69 Å². The molecule has 32 heavy (non-hydrogen) atoms. The van der Waals surface area contributed by atoms with E-state index in [0.717, 1.165) is 28.3 Å². The molecule has 1 fully saturated rings. The van der Waals surface area contributed by atoms with Gasteiger partial charge in [-0.25, -0.2) is 0 Å². The third-order valence-corrected chi connectivity index (χ3v) is 6.13. The monoisotopic (exact) mass is 423 g/mol. The van der Waals surface area contributed by atoms with Gasteiger partial charge in [-0.05, 0) is 35.4 Å². The maximum Gasteiger partial charge on any atom is 0.273 e. The number of hydrogen-bond acceptors (Lipinski definition) is 5. The molecule has 3 aromatic rings. The molecule has 0 bridgehead atoms. The third kappa shape index (κ3) is 2.99. The number of hydrogen-bond donors (Lipinski definition) is 0. The molecule has 2 atom stereocenters. The van der Waals surface area contributed by atoms with Crippen molar-refractivity contribution in [2.24, 2.45) is 15.9 Å². The average molecular weight is 423 g/mol. The molecule has 0 aromatic heterocycles. The van der Waals surface area contributed by atoms with E-state index in [1.165, 1.54) is 0 Å². The van der Waals surface area contributed by atoms with Crippen LogP contribution in [0.15, 0.2) is 88.8 Å². The molecule has 0 saturated carbocycles. The fourth-order valence-corrected chi connectivity index (χ4v) is 4.75. The Morgan fingerprint density at radius 2 is 1.47 bits per heavy atom. The molecule has 3 aromatic carbocycles. The van der Waals surface area contributed by atoms with Crippen LogP contribution in [0.5, 0.6) is 11.5 Å². The predicted octanol–water partition coefficient (Wildman–Crippen LogP) is 4.06. The maximum atomic E-state index is 13.8. The van der Waals surface area contributed by atoms with Crippen LogP contribution in [0.3, 0.4) is 0 Å². The normalized spacial score (nSPS) is 21.6. The van der Waals surface area contributed by atoms with Gasteiger partial charge in [0.2, 0.25) is 6.79 Å². The van der Waals surface area contributed by atoms with Crippen molar-refractivity contribution in [1.82, 2.24) is 0 Å². The summed E-state index contributed by atoms with van der Waals surface area (Å²) in [5, 5.41) is 0. The lowest BCUT2D eigenvalue weighted by atomic mass is 9.85. The number of carbonyl (C=O) groups is 1. The van der Waals surface area contributed by atoms with Crippen molar-refractivity contribution in [2.75, 3.05) is 24.8 Å². The minimum absolute atomic E-state index is 0.0746. The second kappa shape index (κ2) is 7.64. The second-order valence-corrected chi connectivity index (χ2v) is 7.95. The molecule has 3 heterocycles. The van der Waals surface area contributed by atoms with Gasteiger partial charge in [-0.3, -0.25) is 19.7 Å². The van der Waals surface area contributed by atoms with Crippen molar-refractivity contribution in [1.29, 1.82) is 0 Å². The van der Waals surface area contributed by atoms with Crippen LogP contribution in [0, 0.1) is 5.92 Å². The number of rotatable bonds is 3. The predicted molar refractivity (Wildman–Crippen MR) is 123 cm³/mol. The summed E-state index contributed by atoms with van der Waals surface area (Å²) in [5.74, 6) is 1.05. The van der Waals surface area contributed by atoms with Crippen molar-refractivity contribution < 1.29 is 14.3 Å². The van der Waals surface area contributed by atoms with Gasteiger partial charge in [0.05, 0.1) is 30.8 Å². The van der Waals surface area contributed by atoms with E-state index in [1.54, 1.807) is 0 Å². The zero-order chi connectivity index (χ0) is 21.5. The highest BCUT2D eigenvalue weighted by Gasteiger charge is 2.50. The fourth-order valence-electron chi connectivity index (χ4n) is 4.75. The fraction of sp³-hybridized carbons (Fsp3) is 0.192. The van der Waals surface area contributed by atoms with Gasteiger partial charge >= 0.3 is 0 Å². The minimum Gasteiger partial charge on any atom is -0.454 e. The van der Waals surface area contributed by atoms with E-state index in [0.29, 0.717) is 24.6 Å². The first-order valence-electron chi connectivity index (χ1n) is 10.7. The van der Waals surface area contributed by atoms with Crippen LogP contribution in [-0.2, 0) is 4.79 Å². The van der Waals surface area contributed by atoms with Crippen LogP contribution in [-0.4, -0.2) is 37.2 Å². The quantitative estimate of drug-likeness (QED) is 0.638. The molecular formula is C26H21N3O3. The lowest BCUT2D eigenvalue weighted by molar-refractivity contribution is -0.112. The number of benzene rings is 3. The van der Waals surface area contributed by atoms with E-state index in [9.17, 15) is 4.79 Å². The number of para-hydroxylation sites is 1. The lowest BCUT2D eigenvalue weighted by Gasteiger charge is -2.29. The van der Waals surface area contributed by atoms with Crippen molar-refractivity contribution in [3.05, 3.63) is 90.0 Å². The summed E-state index contributed by atoms with van der Waals surface area (Å²) in [6.45, 7) is 1.28. The Hall–Kier alpha value is -3.93. The van der Waals surface area contributed by atoms with E-state index in [-0.39, 0.29) is 24.7 Å². The van der Waals surface area contributed by atoms with Gasteiger partial charge in [-0.1, -0.05) is 54.6 Å². The van der Waals surface area contributed by atoms with E-state index in [4.69, 9.17) is 19.5 Å².